The highest BCUT2D eigenvalue weighted by Crippen LogP contribution is 2.23. The Labute approximate surface area is 90.5 Å². The molecule has 0 aliphatic carbocycles. The first kappa shape index (κ1) is 10.4. The number of aryl methyl sites for hydroxylation is 1. The van der Waals surface area contributed by atoms with Crippen molar-refractivity contribution in [3.63, 3.8) is 0 Å². The SMILES string of the molecule is Cc1cc(N2CCC(CCN)C2)ncn1. The number of anilines is 1. The second-order valence-electron chi connectivity index (χ2n) is 4.20. The van der Waals surface area contributed by atoms with Crippen LogP contribution in [0, 0.1) is 12.8 Å². The Balaban J connectivity index is 2.01. The van der Waals surface area contributed by atoms with Crippen LogP contribution in [0.4, 0.5) is 5.82 Å². The van der Waals surface area contributed by atoms with E-state index < -0.39 is 0 Å². The van der Waals surface area contributed by atoms with Crippen LogP contribution < -0.4 is 10.6 Å². The lowest BCUT2D eigenvalue weighted by atomic mass is 10.1. The molecule has 1 aliphatic heterocycles. The van der Waals surface area contributed by atoms with Gasteiger partial charge in [0.1, 0.15) is 12.1 Å². The van der Waals surface area contributed by atoms with E-state index in [0.717, 1.165) is 43.5 Å². The van der Waals surface area contributed by atoms with Gasteiger partial charge < -0.3 is 10.6 Å². The standard InChI is InChI=1S/C11H18N4/c1-9-6-11(14-8-13-9)15-5-3-10(7-15)2-4-12/h6,8,10H,2-5,7,12H2,1H3. The molecule has 15 heavy (non-hydrogen) atoms. The molecule has 0 aromatic carbocycles. The van der Waals surface area contributed by atoms with Gasteiger partial charge in [0.2, 0.25) is 0 Å². The van der Waals surface area contributed by atoms with E-state index in [2.05, 4.69) is 14.9 Å². The van der Waals surface area contributed by atoms with E-state index in [1.54, 1.807) is 6.33 Å². The topological polar surface area (TPSA) is 55.0 Å². The molecule has 4 nitrogen and oxygen atoms in total. The summed E-state index contributed by atoms with van der Waals surface area (Å²) in [6, 6.07) is 2.05. The van der Waals surface area contributed by atoms with Crippen LogP contribution in [0.15, 0.2) is 12.4 Å². The molecule has 0 bridgehead atoms. The van der Waals surface area contributed by atoms with Gasteiger partial charge in [-0.2, -0.15) is 0 Å². The summed E-state index contributed by atoms with van der Waals surface area (Å²) in [6.45, 7) is 4.98. The average Bonchev–Trinajstić information content (AvgIpc) is 2.67. The monoisotopic (exact) mass is 206 g/mol. The van der Waals surface area contributed by atoms with E-state index in [1.165, 1.54) is 6.42 Å². The van der Waals surface area contributed by atoms with Gasteiger partial charge in [0, 0.05) is 24.8 Å². The number of aromatic nitrogens is 2. The summed E-state index contributed by atoms with van der Waals surface area (Å²) in [5.74, 6) is 1.80. The number of nitrogens with two attached hydrogens (primary N) is 1. The molecule has 0 amide bonds. The molecule has 1 saturated heterocycles. The van der Waals surface area contributed by atoms with Crippen LogP contribution in [0.2, 0.25) is 0 Å². The van der Waals surface area contributed by atoms with Crippen molar-refractivity contribution in [3.05, 3.63) is 18.1 Å². The lowest BCUT2D eigenvalue weighted by Crippen LogP contribution is -2.21. The molecule has 1 aliphatic rings. The van der Waals surface area contributed by atoms with Gasteiger partial charge in [0.05, 0.1) is 0 Å². The van der Waals surface area contributed by atoms with Crippen LogP contribution in [0.3, 0.4) is 0 Å². The molecule has 1 aromatic heterocycles. The summed E-state index contributed by atoms with van der Waals surface area (Å²) in [6.07, 6.45) is 4.00. The summed E-state index contributed by atoms with van der Waals surface area (Å²) in [7, 11) is 0. The number of nitrogens with zero attached hydrogens (tertiary/aromatic N) is 3. The third-order valence-electron chi connectivity index (χ3n) is 2.97. The summed E-state index contributed by atoms with van der Waals surface area (Å²) in [5.41, 5.74) is 6.60. The van der Waals surface area contributed by atoms with Gasteiger partial charge >= 0.3 is 0 Å². The molecule has 1 atom stereocenters. The van der Waals surface area contributed by atoms with Crippen LogP contribution >= 0.6 is 0 Å². The Morgan fingerprint density at radius 2 is 2.40 bits per heavy atom. The van der Waals surface area contributed by atoms with E-state index in [1.807, 2.05) is 13.0 Å². The summed E-state index contributed by atoms with van der Waals surface area (Å²) in [4.78, 5) is 10.7. The maximum atomic E-state index is 5.57. The second-order valence-corrected chi connectivity index (χ2v) is 4.20. The van der Waals surface area contributed by atoms with Crippen molar-refractivity contribution < 1.29 is 0 Å². The van der Waals surface area contributed by atoms with Gasteiger partial charge in [-0.05, 0) is 32.2 Å². The summed E-state index contributed by atoms with van der Waals surface area (Å²) < 4.78 is 0. The Morgan fingerprint density at radius 1 is 1.53 bits per heavy atom. The van der Waals surface area contributed by atoms with Crippen LogP contribution in [0.5, 0.6) is 0 Å². The van der Waals surface area contributed by atoms with Crippen molar-refractivity contribution >= 4 is 5.82 Å². The summed E-state index contributed by atoms with van der Waals surface area (Å²) in [5, 5.41) is 0. The Bertz CT molecular complexity index is 326. The molecule has 1 unspecified atom stereocenters. The molecule has 2 heterocycles. The zero-order chi connectivity index (χ0) is 10.7. The largest absolute Gasteiger partial charge is 0.356 e. The number of rotatable bonds is 3. The first-order valence-electron chi connectivity index (χ1n) is 5.53. The second kappa shape index (κ2) is 4.57. The van der Waals surface area contributed by atoms with E-state index >= 15 is 0 Å². The minimum Gasteiger partial charge on any atom is -0.356 e. The number of hydrogen-bond donors (Lipinski definition) is 1. The highest BCUT2D eigenvalue weighted by Gasteiger charge is 2.22. The van der Waals surface area contributed by atoms with E-state index in [4.69, 9.17) is 5.73 Å². The molecular formula is C11H18N4. The van der Waals surface area contributed by atoms with Crippen LogP contribution in [-0.4, -0.2) is 29.6 Å². The Morgan fingerprint density at radius 3 is 3.13 bits per heavy atom. The lowest BCUT2D eigenvalue weighted by molar-refractivity contribution is 0.546. The first-order valence-corrected chi connectivity index (χ1v) is 5.53. The van der Waals surface area contributed by atoms with Crippen LogP contribution in [0.25, 0.3) is 0 Å². The highest BCUT2D eigenvalue weighted by atomic mass is 15.2. The van der Waals surface area contributed by atoms with Gasteiger partial charge in [-0.3, -0.25) is 0 Å². The van der Waals surface area contributed by atoms with Crippen molar-refractivity contribution in [2.75, 3.05) is 24.5 Å². The molecule has 4 heteroatoms. The zero-order valence-corrected chi connectivity index (χ0v) is 9.19. The highest BCUT2D eigenvalue weighted by molar-refractivity contribution is 5.39. The van der Waals surface area contributed by atoms with Crippen molar-refractivity contribution in [1.82, 2.24) is 9.97 Å². The fourth-order valence-electron chi connectivity index (χ4n) is 2.13. The molecule has 1 aromatic rings. The molecular weight excluding hydrogens is 188 g/mol. The lowest BCUT2D eigenvalue weighted by Gasteiger charge is -2.17. The van der Waals surface area contributed by atoms with Gasteiger partial charge in [-0.15, -0.1) is 0 Å². The fourth-order valence-corrected chi connectivity index (χ4v) is 2.13. The normalized spacial score (nSPS) is 20.9. The molecule has 0 saturated carbocycles. The smallest absolute Gasteiger partial charge is 0.132 e. The first-order chi connectivity index (χ1) is 7.29. The quantitative estimate of drug-likeness (QED) is 0.800. The molecule has 2 rings (SSSR count). The van der Waals surface area contributed by atoms with E-state index in [-0.39, 0.29) is 0 Å². The zero-order valence-electron chi connectivity index (χ0n) is 9.19. The van der Waals surface area contributed by atoms with Crippen molar-refractivity contribution in [2.24, 2.45) is 11.7 Å². The minimum absolute atomic E-state index is 0.741. The number of hydrogen-bond acceptors (Lipinski definition) is 4. The van der Waals surface area contributed by atoms with Crippen LogP contribution in [-0.2, 0) is 0 Å². The summed E-state index contributed by atoms with van der Waals surface area (Å²) >= 11 is 0. The van der Waals surface area contributed by atoms with Crippen molar-refractivity contribution in [3.8, 4) is 0 Å². The van der Waals surface area contributed by atoms with Crippen molar-refractivity contribution in [2.45, 2.75) is 19.8 Å². The van der Waals surface area contributed by atoms with Gasteiger partial charge in [-0.25, -0.2) is 9.97 Å². The van der Waals surface area contributed by atoms with Crippen LogP contribution in [0.1, 0.15) is 18.5 Å². The van der Waals surface area contributed by atoms with Gasteiger partial charge in [0.15, 0.2) is 0 Å². The molecule has 0 spiro atoms. The third kappa shape index (κ3) is 2.45. The molecule has 2 N–H and O–H groups in total. The maximum Gasteiger partial charge on any atom is 0.132 e. The third-order valence-corrected chi connectivity index (χ3v) is 2.97. The minimum atomic E-state index is 0.741. The van der Waals surface area contributed by atoms with E-state index in [0.29, 0.717) is 0 Å². The Kier molecular flexibility index (Phi) is 3.16. The maximum absolute atomic E-state index is 5.57. The Hall–Kier alpha value is -1.16. The van der Waals surface area contributed by atoms with Crippen molar-refractivity contribution in [1.29, 1.82) is 0 Å². The van der Waals surface area contributed by atoms with E-state index in [9.17, 15) is 0 Å². The fraction of sp³-hybridized carbons (Fsp3) is 0.636. The molecule has 1 fully saturated rings. The average molecular weight is 206 g/mol. The molecule has 82 valence electrons. The predicted octanol–water partition coefficient (Wildman–Crippen LogP) is 0.960. The molecule has 0 radical (unpaired) electrons. The van der Waals surface area contributed by atoms with Gasteiger partial charge in [-0.1, -0.05) is 0 Å². The van der Waals surface area contributed by atoms with Gasteiger partial charge in [0.25, 0.3) is 0 Å². The predicted molar refractivity (Wildman–Crippen MR) is 60.8 cm³/mol.